The molecule has 0 N–H and O–H groups in total. The predicted octanol–water partition coefficient (Wildman–Crippen LogP) is 0.565. The van der Waals surface area contributed by atoms with E-state index in [1.165, 1.54) is 0 Å². The van der Waals surface area contributed by atoms with E-state index in [9.17, 15) is 13.2 Å². The molecule has 1 rings (SSSR count). The number of amidine groups is 1. The van der Waals surface area contributed by atoms with E-state index in [0.717, 1.165) is 0 Å². The Morgan fingerprint density at radius 2 is 1.89 bits per heavy atom. The van der Waals surface area contributed by atoms with Crippen molar-refractivity contribution in [2.45, 2.75) is 6.18 Å². The largest absolute Gasteiger partial charge is 0.450 e. The van der Waals surface area contributed by atoms with E-state index in [2.05, 4.69) is 10.3 Å². The average molecular weight is 137 g/mol. The summed E-state index contributed by atoms with van der Waals surface area (Å²) in [4.78, 5) is 3.13. The van der Waals surface area contributed by atoms with Crippen molar-refractivity contribution >= 4 is 5.84 Å². The maximum absolute atomic E-state index is 11.5. The Kier molecular flexibility index (Phi) is 1.34. The van der Waals surface area contributed by atoms with Crippen molar-refractivity contribution in [2.75, 3.05) is 13.1 Å². The van der Waals surface area contributed by atoms with Gasteiger partial charge in [0.15, 0.2) is 0 Å². The third-order valence-corrected chi connectivity index (χ3v) is 0.877. The topological polar surface area (TPSA) is 26.5 Å². The Morgan fingerprint density at radius 3 is 2.11 bits per heavy atom. The standard InChI is InChI=1S/C4H4F3N2/c5-4(6,7)3-8-1-2-9-3/h1-2H2. The summed E-state index contributed by atoms with van der Waals surface area (Å²) >= 11 is 0. The van der Waals surface area contributed by atoms with Gasteiger partial charge in [-0.2, -0.15) is 13.2 Å². The highest BCUT2D eigenvalue weighted by atomic mass is 19.4. The molecule has 0 saturated carbocycles. The zero-order valence-corrected chi connectivity index (χ0v) is 4.44. The maximum Gasteiger partial charge on any atom is 0.450 e. The Labute approximate surface area is 49.8 Å². The number of hydrogen-bond donors (Lipinski definition) is 0. The minimum absolute atomic E-state index is 0.175. The van der Waals surface area contributed by atoms with Crippen molar-refractivity contribution < 1.29 is 13.2 Å². The molecule has 0 aliphatic carbocycles. The summed E-state index contributed by atoms with van der Waals surface area (Å²) in [6.45, 7) is 0.351. The van der Waals surface area contributed by atoms with E-state index >= 15 is 0 Å². The van der Waals surface area contributed by atoms with Crippen LogP contribution in [0.4, 0.5) is 13.2 Å². The lowest BCUT2D eigenvalue weighted by Crippen LogP contribution is -2.28. The van der Waals surface area contributed by atoms with Crippen LogP contribution in [-0.4, -0.2) is 25.1 Å². The van der Waals surface area contributed by atoms with E-state index in [1.807, 2.05) is 0 Å². The fourth-order valence-corrected chi connectivity index (χ4v) is 0.541. The summed E-state index contributed by atoms with van der Waals surface area (Å²) in [5.74, 6) is -0.970. The van der Waals surface area contributed by atoms with Gasteiger partial charge in [-0.3, -0.25) is 10.3 Å². The molecule has 1 aliphatic heterocycles. The van der Waals surface area contributed by atoms with Gasteiger partial charge in [-0.05, 0) is 0 Å². The molecule has 0 aromatic heterocycles. The SMILES string of the molecule is FC(F)(F)C1=NCC[N]1. The van der Waals surface area contributed by atoms with Crippen LogP contribution in [0.1, 0.15) is 0 Å². The summed E-state index contributed by atoms with van der Waals surface area (Å²) in [6, 6.07) is 0. The molecule has 51 valence electrons. The number of nitrogens with zero attached hydrogens (tertiary/aromatic N) is 2. The molecule has 0 bridgehead atoms. The molecular formula is C4H4F3N2. The van der Waals surface area contributed by atoms with E-state index in [0.29, 0.717) is 0 Å². The van der Waals surface area contributed by atoms with Gasteiger partial charge in [-0.25, -0.2) is 0 Å². The molecule has 0 spiro atoms. The number of halogens is 3. The first kappa shape index (κ1) is 6.38. The van der Waals surface area contributed by atoms with E-state index in [1.54, 1.807) is 0 Å². The molecule has 0 aromatic carbocycles. The van der Waals surface area contributed by atoms with Gasteiger partial charge in [0, 0.05) is 0 Å². The van der Waals surface area contributed by atoms with Crippen LogP contribution in [0.2, 0.25) is 0 Å². The number of rotatable bonds is 0. The molecule has 1 heterocycles. The first-order valence-corrected chi connectivity index (χ1v) is 2.40. The second kappa shape index (κ2) is 1.89. The van der Waals surface area contributed by atoms with Crippen LogP contribution in [0.15, 0.2) is 4.99 Å². The Balaban J connectivity index is 2.61. The van der Waals surface area contributed by atoms with Crippen LogP contribution in [0.25, 0.3) is 0 Å². The lowest BCUT2D eigenvalue weighted by Gasteiger charge is -2.02. The summed E-state index contributed by atoms with van der Waals surface area (Å²) in [5, 5.41) is 3.13. The molecule has 0 unspecified atom stereocenters. The second-order valence-corrected chi connectivity index (χ2v) is 1.58. The molecular weight excluding hydrogens is 133 g/mol. The van der Waals surface area contributed by atoms with Gasteiger partial charge in [0.2, 0.25) is 5.84 Å². The summed E-state index contributed by atoms with van der Waals surface area (Å²) in [6.07, 6.45) is -4.34. The lowest BCUT2D eigenvalue weighted by atomic mass is 10.6. The lowest BCUT2D eigenvalue weighted by molar-refractivity contribution is -0.0612. The fourth-order valence-electron chi connectivity index (χ4n) is 0.541. The summed E-state index contributed by atoms with van der Waals surface area (Å²) in [7, 11) is 0. The molecule has 0 saturated heterocycles. The third kappa shape index (κ3) is 1.34. The monoisotopic (exact) mass is 137 g/mol. The predicted molar refractivity (Wildman–Crippen MR) is 25.4 cm³/mol. The summed E-state index contributed by atoms with van der Waals surface area (Å²) < 4.78 is 34.6. The highest BCUT2D eigenvalue weighted by Gasteiger charge is 2.38. The van der Waals surface area contributed by atoms with E-state index in [4.69, 9.17) is 0 Å². The average Bonchev–Trinajstić information content (AvgIpc) is 2.08. The minimum Gasteiger partial charge on any atom is -0.261 e. The van der Waals surface area contributed by atoms with Crippen molar-refractivity contribution in [3.63, 3.8) is 0 Å². The van der Waals surface area contributed by atoms with Gasteiger partial charge in [0.25, 0.3) is 0 Å². The molecule has 9 heavy (non-hydrogen) atoms. The minimum atomic E-state index is -4.34. The maximum atomic E-state index is 11.5. The van der Waals surface area contributed by atoms with Crippen LogP contribution in [0.5, 0.6) is 0 Å². The number of aliphatic imine (C=N–C) groups is 1. The molecule has 1 aliphatic rings. The Morgan fingerprint density at radius 1 is 1.22 bits per heavy atom. The smallest absolute Gasteiger partial charge is 0.261 e. The van der Waals surface area contributed by atoms with Crippen LogP contribution in [0, 0.1) is 0 Å². The molecule has 0 fully saturated rings. The zero-order valence-electron chi connectivity index (χ0n) is 4.44. The molecule has 0 aromatic rings. The van der Waals surface area contributed by atoms with Crippen LogP contribution >= 0.6 is 0 Å². The normalized spacial score (nSPS) is 19.2. The van der Waals surface area contributed by atoms with Crippen molar-refractivity contribution in [1.29, 1.82) is 0 Å². The Bertz CT molecular complexity index is 137. The van der Waals surface area contributed by atoms with Gasteiger partial charge >= 0.3 is 6.18 Å². The van der Waals surface area contributed by atoms with Gasteiger partial charge in [0.05, 0.1) is 13.1 Å². The zero-order chi connectivity index (χ0) is 6.91. The molecule has 5 heteroatoms. The van der Waals surface area contributed by atoms with Crippen LogP contribution < -0.4 is 5.32 Å². The van der Waals surface area contributed by atoms with Crippen LogP contribution in [-0.2, 0) is 0 Å². The van der Waals surface area contributed by atoms with Crippen LogP contribution in [0.3, 0.4) is 0 Å². The van der Waals surface area contributed by atoms with Crippen molar-refractivity contribution in [1.82, 2.24) is 5.32 Å². The van der Waals surface area contributed by atoms with Gasteiger partial charge in [0.1, 0.15) is 0 Å². The quantitative estimate of drug-likeness (QED) is 0.466. The second-order valence-electron chi connectivity index (χ2n) is 1.58. The molecule has 1 radical (unpaired) electrons. The van der Waals surface area contributed by atoms with Gasteiger partial charge in [-0.15, -0.1) is 0 Å². The highest BCUT2D eigenvalue weighted by molar-refractivity contribution is 5.88. The third-order valence-electron chi connectivity index (χ3n) is 0.877. The first-order valence-electron chi connectivity index (χ1n) is 2.40. The number of alkyl halides is 3. The number of hydrogen-bond acceptors (Lipinski definition) is 1. The van der Waals surface area contributed by atoms with Crippen molar-refractivity contribution in [3.05, 3.63) is 0 Å². The van der Waals surface area contributed by atoms with Gasteiger partial charge < -0.3 is 0 Å². The van der Waals surface area contributed by atoms with Gasteiger partial charge in [-0.1, -0.05) is 0 Å². The van der Waals surface area contributed by atoms with E-state index < -0.39 is 12.0 Å². The molecule has 0 amide bonds. The van der Waals surface area contributed by atoms with E-state index in [-0.39, 0.29) is 13.1 Å². The molecule has 2 nitrogen and oxygen atoms in total. The first-order chi connectivity index (χ1) is 4.11. The van der Waals surface area contributed by atoms with Crippen molar-refractivity contribution in [3.8, 4) is 0 Å². The Hall–Kier alpha value is -0.740. The summed E-state index contributed by atoms with van der Waals surface area (Å²) in [5.41, 5.74) is 0. The van der Waals surface area contributed by atoms with Crippen molar-refractivity contribution in [2.24, 2.45) is 4.99 Å². The fraction of sp³-hybridized carbons (Fsp3) is 0.750. The molecule has 0 atom stereocenters. The highest BCUT2D eigenvalue weighted by Crippen LogP contribution is 2.17.